The lowest BCUT2D eigenvalue weighted by molar-refractivity contribution is -0.138. The maximum atomic E-state index is 12.4. The van der Waals surface area contributed by atoms with E-state index in [1.165, 1.54) is 0 Å². The topological polar surface area (TPSA) is 86.7 Å². The SMILES string of the molecule is CCN(C)C(=O)c1cccc(C(=O)Nc2ccc(C(C)C(=O)O)cc2)c1. The van der Waals surface area contributed by atoms with E-state index in [1.807, 2.05) is 6.92 Å². The second-order valence-electron chi connectivity index (χ2n) is 6.04. The van der Waals surface area contributed by atoms with Gasteiger partial charge in [0.2, 0.25) is 0 Å². The molecule has 1 unspecified atom stereocenters. The van der Waals surface area contributed by atoms with Gasteiger partial charge >= 0.3 is 5.97 Å². The molecular weight excluding hydrogens is 332 g/mol. The van der Waals surface area contributed by atoms with Crippen molar-refractivity contribution < 1.29 is 19.5 Å². The zero-order chi connectivity index (χ0) is 19.3. The Balaban J connectivity index is 2.13. The molecule has 6 heteroatoms. The maximum Gasteiger partial charge on any atom is 0.310 e. The van der Waals surface area contributed by atoms with Gasteiger partial charge in [0, 0.05) is 30.4 Å². The Labute approximate surface area is 152 Å². The first kappa shape index (κ1) is 19.2. The minimum Gasteiger partial charge on any atom is -0.481 e. The Bertz CT molecular complexity index is 815. The molecule has 1 atom stereocenters. The van der Waals surface area contributed by atoms with Gasteiger partial charge in [-0.25, -0.2) is 0 Å². The van der Waals surface area contributed by atoms with Gasteiger partial charge in [-0.15, -0.1) is 0 Å². The minimum absolute atomic E-state index is 0.144. The third kappa shape index (κ3) is 4.47. The second-order valence-corrected chi connectivity index (χ2v) is 6.04. The number of amides is 2. The largest absolute Gasteiger partial charge is 0.481 e. The smallest absolute Gasteiger partial charge is 0.310 e. The first-order valence-electron chi connectivity index (χ1n) is 8.33. The average Bonchev–Trinajstić information content (AvgIpc) is 2.66. The molecule has 0 fully saturated rings. The van der Waals surface area contributed by atoms with Crippen LogP contribution in [0.2, 0.25) is 0 Å². The number of carboxylic acids is 1. The molecule has 0 heterocycles. The fourth-order valence-electron chi connectivity index (χ4n) is 2.36. The van der Waals surface area contributed by atoms with Crippen molar-refractivity contribution in [3.05, 3.63) is 65.2 Å². The summed E-state index contributed by atoms with van der Waals surface area (Å²) in [5.74, 6) is -2.00. The van der Waals surface area contributed by atoms with Crippen LogP contribution < -0.4 is 5.32 Å². The van der Waals surface area contributed by atoms with Crippen LogP contribution >= 0.6 is 0 Å². The molecule has 0 radical (unpaired) electrons. The summed E-state index contributed by atoms with van der Waals surface area (Å²) in [5, 5.41) is 11.8. The van der Waals surface area contributed by atoms with Crippen LogP contribution in [-0.4, -0.2) is 41.4 Å². The molecule has 0 aromatic heterocycles. The molecule has 26 heavy (non-hydrogen) atoms. The van der Waals surface area contributed by atoms with E-state index < -0.39 is 11.9 Å². The van der Waals surface area contributed by atoms with E-state index in [2.05, 4.69) is 5.32 Å². The van der Waals surface area contributed by atoms with E-state index in [1.54, 1.807) is 67.4 Å². The fraction of sp³-hybridized carbons (Fsp3) is 0.250. The van der Waals surface area contributed by atoms with Crippen LogP contribution in [0.1, 0.15) is 46.0 Å². The summed E-state index contributed by atoms with van der Waals surface area (Å²) >= 11 is 0. The Hall–Kier alpha value is -3.15. The van der Waals surface area contributed by atoms with Crippen LogP contribution in [0.4, 0.5) is 5.69 Å². The number of hydrogen-bond donors (Lipinski definition) is 2. The number of nitrogens with one attached hydrogen (secondary N) is 1. The van der Waals surface area contributed by atoms with Gasteiger partial charge in [-0.3, -0.25) is 14.4 Å². The molecule has 2 aromatic rings. The summed E-state index contributed by atoms with van der Waals surface area (Å²) in [6, 6.07) is 13.2. The molecule has 0 aliphatic carbocycles. The normalized spacial score (nSPS) is 11.5. The van der Waals surface area contributed by atoms with Gasteiger partial charge in [-0.1, -0.05) is 18.2 Å². The van der Waals surface area contributed by atoms with E-state index in [4.69, 9.17) is 5.11 Å². The van der Waals surface area contributed by atoms with Crippen molar-refractivity contribution in [2.75, 3.05) is 18.9 Å². The van der Waals surface area contributed by atoms with Crippen LogP contribution in [0, 0.1) is 0 Å². The summed E-state index contributed by atoms with van der Waals surface area (Å²) in [6.07, 6.45) is 0. The number of aliphatic carboxylic acids is 1. The Morgan fingerprint density at radius 3 is 2.27 bits per heavy atom. The molecule has 2 amide bonds. The van der Waals surface area contributed by atoms with Crippen LogP contribution in [0.25, 0.3) is 0 Å². The van der Waals surface area contributed by atoms with Crippen LogP contribution in [0.5, 0.6) is 0 Å². The molecule has 6 nitrogen and oxygen atoms in total. The summed E-state index contributed by atoms with van der Waals surface area (Å²) in [7, 11) is 1.70. The van der Waals surface area contributed by atoms with Crippen molar-refractivity contribution in [3.63, 3.8) is 0 Å². The lowest BCUT2D eigenvalue weighted by Crippen LogP contribution is -2.26. The highest BCUT2D eigenvalue weighted by atomic mass is 16.4. The average molecular weight is 354 g/mol. The first-order chi connectivity index (χ1) is 12.3. The molecule has 0 saturated carbocycles. The van der Waals surface area contributed by atoms with Gasteiger partial charge in [-0.2, -0.15) is 0 Å². The van der Waals surface area contributed by atoms with Gasteiger partial charge in [-0.05, 0) is 49.7 Å². The molecule has 0 aliphatic heterocycles. The fourth-order valence-corrected chi connectivity index (χ4v) is 2.36. The molecule has 2 rings (SSSR count). The second kappa shape index (κ2) is 8.29. The number of carboxylic acid groups (broad SMARTS) is 1. The van der Waals surface area contributed by atoms with Crippen molar-refractivity contribution in [2.24, 2.45) is 0 Å². The van der Waals surface area contributed by atoms with E-state index in [0.29, 0.717) is 28.9 Å². The Kier molecular flexibility index (Phi) is 6.11. The van der Waals surface area contributed by atoms with Crippen LogP contribution in [0.15, 0.2) is 48.5 Å². The highest BCUT2D eigenvalue weighted by Crippen LogP contribution is 2.19. The number of hydrogen-bond acceptors (Lipinski definition) is 3. The number of carbonyl (C=O) groups is 3. The van der Waals surface area contributed by atoms with Gasteiger partial charge in [0.1, 0.15) is 0 Å². The van der Waals surface area contributed by atoms with E-state index >= 15 is 0 Å². The number of nitrogens with zero attached hydrogens (tertiary/aromatic N) is 1. The number of benzene rings is 2. The van der Waals surface area contributed by atoms with E-state index in [-0.39, 0.29) is 11.8 Å². The molecule has 0 bridgehead atoms. The molecule has 0 aliphatic rings. The molecule has 2 N–H and O–H groups in total. The van der Waals surface area contributed by atoms with Crippen LogP contribution in [0.3, 0.4) is 0 Å². The zero-order valence-corrected chi connectivity index (χ0v) is 15.0. The van der Waals surface area contributed by atoms with Gasteiger partial charge in [0.05, 0.1) is 5.92 Å². The van der Waals surface area contributed by atoms with Crippen molar-refractivity contribution in [3.8, 4) is 0 Å². The van der Waals surface area contributed by atoms with Crippen molar-refractivity contribution in [1.82, 2.24) is 4.90 Å². The monoisotopic (exact) mass is 354 g/mol. The standard InChI is InChI=1S/C20H22N2O4/c1-4-22(3)19(24)16-7-5-6-15(12-16)18(23)21-17-10-8-14(9-11-17)13(2)20(25)26/h5-13H,4H2,1-3H3,(H,21,23)(H,25,26). The number of carbonyl (C=O) groups excluding carboxylic acids is 2. The van der Waals surface area contributed by atoms with Crippen molar-refractivity contribution in [1.29, 1.82) is 0 Å². The maximum absolute atomic E-state index is 12.4. The van der Waals surface area contributed by atoms with Gasteiger partial charge in [0.15, 0.2) is 0 Å². The van der Waals surface area contributed by atoms with E-state index in [9.17, 15) is 14.4 Å². The Morgan fingerprint density at radius 2 is 1.69 bits per heavy atom. The molecular formula is C20H22N2O4. The van der Waals surface area contributed by atoms with Crippen molar-refractivity contribution >= 4 is 23.5 Å². The highest BCUT2D eigenvalue weighted by Gasteiger charge is 2.15. The molecule has 136 valence electrons. The summed E-state index contributed by atoms with van der Waals surface area (Å²) in [6.45, 7) is 4.06. The summed E-state index contributed by atoms with van der Waals surface area (Å²) in [5.41, 5.74) is 2.04. The first-order valence-corrected chi connectivity index (χ1v) is 8.33. The van der Waals surface area contributed by atoms with Gasteiger partial charge < -0.3 is 15.3 Å². The third-order valence-corrected chi connectivity index (χ3v) is 4.23. The van der Waals surface area contributed by atoms with Crippen LogP contribution in [-0.2, 0) is 4.79 Å². The lowest BCUT2D eigenvalue weighted by Gasteiger charge is -2.15. The van der Waals surface area contributed by atoms with E-state index in [0.717, 1.165) is 0 Å². The lowest BCUT2D eigenvalue weighted by atomic mass is 10.0. The molecule has 0 spiro atoms. The summed E-state index contributed by atoms with van der Waals surface area (Å²) in [4.78, 5) is 37.2. The predicted molar refractivity (Wildman–Crippen MR) is 99.5 cm³/mol. The quantitative estimate of drug-likeness (QED) is 0.834. The van der Waals surface area contributed by atoms with Gasteiger partial charge in [0.25, 0.3) is 11.8 Å². The number of rotatable bonds is 6. The predicted octanol–water partition coefficient (Wildman–Crippen LogP) is 3.22. The molecule has 2 aromatic carbocycles. The minimum atomic E-state index is -0.902. The summed E-state index contributed by atoms with van der Waals surface area (Å²) < 4.78 is 0. The zero-order valence-electron chi connectivity index (χ0n) is 15.0. The van der Waals surface area contributed by atoms with Crippen molar-refractivity contribution in [2.45, 2.75) is 19.8 Å². The third-order valence-electron chi connectivity index (χ3n) is 4.23. The highest BCUT2D eigenvalue weighted by molar-refractivity contribution is 6.06. The Morgan fingerprint density at radius 1 is 1.08 bits per heavy atom. The number of anilines is 1. The molecule has 0 saturated heterocycles.